The lowest BCUT2D eigenvalue weighted by Gasteiger charge is -2.62. The molecule has 1 saturated heterocycles. The van der Waals surface area contributed by atoms with Crippen molar-refractivity contribution in [1.82, 2.24) is 0 Å². The quantitative estimate of drug-likeness (QED) is 0.400. The molecule has 190 valence electrons. The first-order chi connectivity index (χ1) is 15.6. The van der Waals surface area contributed by atoms with E-state index < -0.39 is 0 Å². The number of hydrogen-bond donors (Lipinski definition) is 0. The third-order valence-electron chi connectivity index (χ3n) is 13.1. The monoisotopic (exact) mass is 456 g/mol. The van der Waals surface area contributed by atoms with Gasteiger partial charge in [0.05, 0.1) is 0 Å². The van der Waals surface area contributed by atoms with Gasteiger partial charge in [0.2, 0.25) is 0 Å². The number of rotatable bonds is 5. The normalized spacial score (nSPS) is 47.3. The van der Waals surface area contributed by atoms with Crippen LogP contribution < -0.4 is 0 Å². The molecule has 5 rings (SSSR count). The highest BCUT2D eigenvalue weighted by Crippen LogP contribution is 2.69. The summed E-state index contributed by atoms with van der Waals surface area (Å²) in [6, 6.07) is 0. The first kappa shape index (κ1) is 24.6. The van der Waals surface area contributed by atoms with Crippen molar-refractivity contribution in [2.75, 3.05) is 13.2 Å². The summed E-state index contributed by atoms with van der Waals surface area (Å²) in [6.07, 6.45) is 19.3. The standard InChI is InChI=1S/C32H56O/c1-22(24-14-19-33-20-15-24)7-8-23(2)27-11-12-28-26-10-9-25-21-30(3,4)17-18-31(25,5)29(26)13-16-32(27,28)6/h22-29H,7-21H2,1-6H3/t22-,23+,25-,26-,27+,28-,29-,31-,32+/m0/s1. The van der Waals surface area contributed by atoms with Gasteiger partial charge < -0.3 is 4.74 Å². The van der Waals surface area contributed by atoms with Crippen molar-refractivity contribution in [3.63, 3.8) is 0 Å². The molecule has 5 fully saturated rings. The van der Waals surface area contributed by atoms with Crippen LogP contribution in [0.5, 0.6) is 0 Å². The molecule has 5 aliphatic rings. The molecule has 0 aromatic rings. The van der Waals surface area contributed by atoms with Crippen LogP contribution in [-0.4, -0.2) is 13.2 Å². The van der Waals surface area contributed by atoms with E-state index in [0.29, 0.717) is 16.2 Å². The van der Waals surface area contributed by atoms with Crippen molar-refractivity contribution >= 4 is 0 Å². The molecule has 0 radical (unpaired) electrons. The Morgan fingerprint density at radius 2 is 1.39 bits per heavy atom. The summed E-state index contributed by atoms with van der Waals surface area (Å²) in [7, 11) is 0. The number of fused-ring (bicyclic) bond motifs is 5. The van der Waals surface area contributed by atoms with Crippen LogP contribution in [0.25, 0.3) is 0 Å². The third kappa shape index (κ3) is 4.38. The summed E-state index contributed by atoms with van der Waals surface area (Å²) in [5.41, 5.74) is 1.89. The largest absolute Gasteiger partial charge is 0.381 e. The summed E-state index contributed by atoms with van der Waals surface area (Å²) < 4.78 is 5.62. The maximum atomic E-state index is 5.62. The molecule has 1 heterocycles. The number of ether oxygens (including phenoxy) is 1. The third-order valence-corrected chi connectivity index (χ3v) is 13.1. The van der Waals surface area contributed by atoms with Gasteiger partial charge in [0.1, 0.15) is 0 Å². The molecule has 33 heavy (non-hydrogen) atoms. The van der Waals surface area contributed by atoms with Crippen molar-refractivity contribution in [1.29, 1.82) is 0 Å². The molecule has 1 aliphatic heterocycles. The summed E-state index contributed by atoms with van der Waals surface area (Å²) in [4.78, 5) is 0. The van der Waals surface area contributed by atoms with Gasteiger partial charge in [0.25, 0.3) is 0 Å². The van der Waals surface area contributed by atoms with Crippen molar-refractivity contribution in [3.05, 3.63) is 0 Å². The molecular formula is C32H56O. The molecule has 0 bridgehead atoms. The van der Waals surface area contributed by atoms with E-state index >= 15 is 0 Å². The average molecular weight is 457 g/mol. The fraction of sp³-hybridized carbons (Fsp3) is 1.00. The summed E-state index contributed by atoms with van der Waals surface area (Å²) in [5, 5.41) is 0. The second-order valence-corrected chi connectivity index (χ2v) is 15.2. The van der Waals surface area contributed by atoms with Crippen LogP contribution in [0.2, 0.25) is 0 Å². The van der Waals surface area contributed by atoms with E-state index in [0.717, 1.165) is 60.6 Å². The van der Waals surface area contributed by atoms with E-state index in [9.17, 15) is 0 Å². The maximum absolute atomic E-state index is 5.62. The van der Waals surface area contributed by atoms with Gasteiger partial charge in [-0.25, -0.2) is 0 Å². The summed E-state index contributed by atoms with van der Waals surface area (Å²) in [5.74, 6) is 7.84. The Bertz CT molecular complexity index is 676. The highest BCUT2D eigenvalue weighted by atomic mass is 16.5. The van der Waals surface area contributed by atoms with Gasteiger partial charge in [-0.1, -0.05) is 54.4 Å². The lowest BCUT2D eigenvalue weighted by molar-refractivity contribution is -0.129. The molecule has 4 saturated carbocycles. The molecule has 1 nitrogen and oxygen atoms in total. The molecule has 0 aromatic carbocycles. The van der Waals surface area contributed by atoms with Gasteiger partial charge in [0.15, 0.2) is 0 Å². The fourth-order valence-electron chi connectivity index (χ4n) is 10.9. The van der Waals surface area contributed by atoms with Crippen LogP contribution in [-0.2, 0) is 4.74 Å². The van der Waals surface area contributed by atoms with E-state index in [-0.39, 0.29) is 0 Å². The van der Waals surface area contributed by atoms with E-state index in [2.05, 4.69) is 41.5 Å². The van der Waals surface area contributed by atoms with Gasteiger partial charge in [-0.05, 0) is 134 Å². The van der Waals surface area contributed by atoms with Crippen LogP contribution in [0.15, 0.2) is 0 Å². The summed E-state index contributed by atoms with van der Waals surface area (Å²) >= 11 is 0. The summed E-state index contributed by atoms with van der Waals surface area (Å²) in [6.45, 7) is 17.8. The van der Waals surface area contributed by atoms with Gasteiger partial charge >= 0.3 is 0 Å². The van der Waals surface area contributed by atoms with E-state index in [1.54, 1.807) is 19.3 Å². The van der Waals surface area contributed by atoms with Crippen molar-refractivity contribution in [2.45, 2.75) is 125 Å². The molecule has 0 spiro atoms. The number of hydrogen-bond acceptors (Lipinski definition) is 1. The Labute approximate surface area is 206 Å². The zero-order valence-corrected chi connectivity index (χ0v) is 23.1. The highest BCUT2D eigenvalue weighted by molar-refractivity contribution is 5.10. The predicted molar refractivity (Wildman–Crippen MR) is 140 cm³/mol. The Balaban J connectivity index is 1.23. The molecule has 0 amide bonds. The maximum Gasteiger partial charge on any atom is 0.0468 e. The first-order valence-corrected chi connectivity index (χ1v) is 15.2. The second-order valence-electron chi connectivity index (χ2n) is 15.2. The average Bonchev–Trinajstić information content (AvgIpc) is 3.15. The van der Waals surface area contributed by atoms with Gasteiger partial charge in [-0.3, -0.25) is 0 Å². The van der Waals surface area contributed by atoms with Crippen molar-refractivity contribution in [2.24, 2.45) is 63.6 Å². The smallest absolute Gasteiger partial charge is 0.0468 e. The minimum absolute atomic E-state index is 0.593. The SMILES string of the molecule is C[C@H](CC[C@H](C)C1CCOCC1)[C@H]1CC[C@H]2[C@@H]3CC[C@H]4CC(C)(C)CC[C@]4(C)[C@H]3CC[C@]12C. The van der Waals surface area contributed by atoms with Gasteiger partial charge in [0, 0.05) is 13.2 Å². The van der Waals surface area contributed by atoms with Crippen LogP contribution in [0.4, 0.5) is 0 Å². The molecule has 1 heteroatoms. The van der Waals surface area contributed by atoms with Crippen LogP contribution in [0.3, 0.4) is 0 Å². The highest BCUT2D eigenvalue weighted by Gasteiger charge is 2.61. The molecule has 0 aromatic heterocycles. The Morgan fingerprint density at radius 3 is 2.15 bits per heavy atom. The van der Waals surface area contributed by atoms with Crippen molar-refractivity contribution < 1.29 is 4.74 Å². The Morgan fingerprint density at radius 1 is 0.697 bits per heavy atom. The topological polar surface area (TPSA) is 9.23 Å². The zero-order valence-electron chi connectivity index (χ0n) is 23.1. The second kappa shape index (κ2) is 9.12. The molecular weight excluding hydrogens is 400 g/mol. The molecule has 0 unspecified atom stereocenters. The van der Waals surface area contributed by atoms with Crippen LogP contribution >= 0.6 is 0 Å². The van der Waals surface area contributed by atoms with Gasteiger partial charge in [-0.2, -0.15) is 0 Å². The lowest BCUT2D eigenvalue weighted by Crippen LogP contribution is -2.54. The van der Waals surface area contributed by atoms with E-state index in [1.165, 1.54) is 64.2 Å². The Kier molecular flexibility index (Phi) is 6.81. The Hall–Kier alpha value is -0.0400. The predicted octanol–water partition coefficient (Wildman–Crippen LogP) is 9.15. The van der Waals surface area contributed by atoms with Crippen LogP contribution in [0.1, 0.15) is 125 Å². The molecule has 4 aliphatic carbocycles. The fourth-order valence-corrected chi connectivity index (χ4v) is 10.9. The van der Waals surface area contributed by atoms with E-state index in [1.807, 2.05) is 0 Å². The first-order valence-electron chi connectivity index (χ1n) is 15.2. The minimum atomic E-state index is 0.593. The minimum Gasteiger partial charge on any atom is -0.381 e. The van der Waals surface area contributed by atoms with E-state index in [4.69, 9.17) is 4.74 Å². The van der Waals surface area contributed by atoms with Crippen LogP contribution in [0, 0.1) is 63.6 Å². The molecule has 0 N–H and O–H groups in total. The molecule has 9 atom stereocenters. The zero-order chi connectivity index (χ0) is 23.4. The lowest BCUT2D eigenvalue weighted by atomic mass is 9.43. The van der Waals surface area contributed by atoms with Crippen molar-refractivity contribution in [3.8, 4) is 0 Å². The van der Waals surface area contributed by atoms with Gasteiger partial charge in [-0.15, -0.1) is 0 Å².